The Morgan fingerprint density at radius 3 is 2.14 bits per heavy atom. The lowest BCUT2D eigenvalue weighted by atomic mass is 9.81. The van der Waals surface area contributed by atoms with Crippen LogP contribution in [0.4, 0.5) is 13.2 Å². The Morgan fingerprint density at radius 2 is 1.71 bits per heavy atom. The van der Waals surface area contributed by atoms with Gasteiger partial charge < -0.3 is 10.1 Å². The monoisotopic (exact) mass is 303 g/mol. The summed E-state index contributed by atoms with van der Waals surface area (Å²) in [4.78, 5) is 0. The zero-order chi connectivity index (χ0) is 16.3. The van der Waals surface area contributed by atoms with Gasteiger partial charge in [-0.15, -0.1) is 0 Å². The maximum Gasteiger partial charge on any atom is 0.416 e. The molecule has 2 atom stereocenters. The van der Waals surface area contributed by atoms with Gasteiger partial charge in [-0.25, -0.2) is 0 Å². The van der Waals surface area contributed by atoms with Crippen LogP contribution in [-0.2, 0) is 10.9 Å². The van der Waals surface area contributed by atoms with Crippen molar-refractivity contribution in [2.45, 2.75) is 46.0 Å². The van der Waals surface area contributed by atoms with Crippen LogP contribution in [0.1, 0.15) is 44.9 Å². The summed E-state index contributed by atoms with van der Waals surface area (Å²) in [6, 6.07) is 5.14. The van der Waals surface area contributed by atoms with E-state index in [-0.39, 0.29) is 17.1 Å². The molecule has 1 aromatic carbocycles. The number of halogens is 3. The molecular formula is C16H24F3NO. The van der Waals surface area contributed by atoms with Gasteiger partial charge in [-0.3, -0.25) is 0 Å². The SMILES string of the molecule is CCOC(C(NC)c1ccccc1C(F)(F)F)C(C)(C)C. The largest absolute Gasteiger partial charge is 0.416 e. The van der Waals surface area contributed by atoms with Gasteiger partial charge >= 0.3 is 6.18 Å². The van der Waals surface area contributed by atoms with E-state index >= 15 is 0 Å². The summed E-state index contributed by atoms with van der Waals surface area (Å²) in [6.45, 7) is 8.20. The Bertz CT molecular complexity index is 452. The summed E-state index contributed by atoms with van der Waals surface area (Å²) in [5.74, 6) is 0. The van der Waals surface area contributed by atoms with E-state index in [9.17, 15) is 13.2 Å². The highest BCUT2D eigenvalue weighted by molar-refractivity contribution is 5.33. The molecule has 2 unspecified atom stereocenters. The first-order valence-corrected chi connectivity index (χ1v) is 7.08. The number of alkyl halides is 3. The van der Waals surface area contributed by atoms with Gasteiger partial charge in [-0.2, -0.15) is 13.2 Å². The molecule has 0 saturated heterocycles. The second-order valence-electron chi connectivity index (χ2n) is 6.09. The second kappa shape index (κ2) is 6.79. The van der Waals surface area contributed by atoms with Gasteiger partial charge in [0.2, 0.25) is 0 Å². The predicted octanol–water partition coefficient (Wildman–Crippen LogP) is 4.42. The molecule has 1 rings (SSSR count). The quantitative estimate of drug-likeness (QED) is 0.869. The van der Waals surface area contributed by atoms with Crippen molar-refractivity contribution in [1.29, 1.82) is 0 Å². The summed E-state index contributed by atoms with van der Waals surface area (Å²) in [6.07, 6.45) is -4.74. The number of ether oxygens (including phenoxy) is 1. The van der Waals surface area contributed by atoms with Crippen LogP contribution in [-0.4, -0.2) is 19.8 Å². The lowest BCUT2D eigenvalue weighted by Gasteiger charge is -2.37. The van der Waals surface area contributed by atoms with E-state index in [0.29, 0.717) is 6.61 Å². The van der Waals surface area contributed by atoms with Crippen molar-refractivity contribution in [2.75, 3.05) is 13.7 Å². The highest BCUT2D eigenvalue weighted by atomic mass is 19.4. The minimum Gasteiger partial charge on any atom is -0.376 e. The van der Waals surface area contributed by atoms with Crippen LogP contribution in [0.15, 0.2) is 24.3 Å². The fourth-order valence-corrected chi connectivity index (χ4v) is 2.52. The van der Waals surface area contributed by atoms with E-state index in [1.165, 1.54) is 12.1 Å². The first-order valence-electron chi connectivity index (χ1n) is 7.08. The average Bonchev–Trinajstić information content (AvgIpc) is 2.37. The predicted molar refractivity (Wildman–Crippen MR) is 78.1 cm³/mol. The van der Waals surface area contributed by atoms with E-state index in [1.807, 2.05) is 27.7 Å². The molecule has 120 valence electrons. The molecule has 0 saturated carbocycles. The molecule has 0 fully saturated rings. The molecule has 0 aromatic heterocycles. The number of likely N-dealkylation sites (N-methyl/N-ethyl adjacent to an activating group) is 1. The molecule has 0 aliphatic heterocycles. The third kappa shape index (κ3) is 4.45. The Morgan fingerprint density at radius 1 is 1.14 bits per heavy atom. The topological polar surface area (TPSA) is 21.3 Å². The van der Waals surface area contributed by atoms with Crippen molar-refractivity contribution < 1.29 is 17.9 Å². The van der Waals surface area contributed by atoms with Crippen molar-refractivity contribution in [3.05, 3.63) is 35.4 Å². The number of hydrogen-bond donors (Lipinski definition) is 1. The molecule has 1 aromatic rings. The lowest BCUT2D eigenvalue weighted by molar-refractivity contribution is -0.139. The van der Waals surface area contributed by atoms with Crippen LogP contribution in [0.2, 0.25) is 0 Å². The molecule has 0 aliphatic carbocycles. The zero-order valence-corrected chi connectivity index (χ0v) is 13.2. The van der Waals surface area contributed by atoms with Gasteiger partial charge in [0.05, 0.1) is 17.7 Å². The minimum absolute atomic E-state index is 0.223. The number of rotatable bonds is 5. The fraction of sp³-hybridized carbons (Fsp3) is 0.625. The Hall–Kier alpha value is -1.07. The number of benzene rings is 1. The van der Waals surface area contributed by atoms with Gasteiger partial charge in [-0.05, 0) is 31.0 Å². The Labute approximate surface area is 124 Å². The van der Waals surface area contributed by atoms with E-state index < -0.39 is 17.8 Å². The first kappa shape index (κ1) is 18.0. The Kier molecular flexibility index (Phi) is 5.82. The third-order valence-corrected chi connectivity index (χ3v) is 3.41. The second-order valence-corrected chi connectivity index (χ2v) is 6.09. The maximum atomic E-state index is 13.2. The molecule has 0 spiro atoms. The fourth-order valence-electron chi connectivity index (χ4n) is 2.52. The van der Waals surface area contributed by atoms with Crippen LogP contribution < -0.4 is 5.32 Å². The van der Waals surface area contributed by atoms with Crippen LogP contribution in [0, 0.1) is 5.41 Å². The van der Waals surface area contributed by atoms with Gasteiger partial charge in [0.15, 0.2) is 0 Å². The molecule has 0 bridgehead atoms. The maximum absolute atomic E-state index is 13.2. The highest BCUT2D eigenvalue weighted by Gasteiger charge is 2.39. The summed E-state index contributed by atoms with van der Waals surface area (Å²) in [5.41, 5.74) is -0.679. The van der Waals surface area contributed by atoms with Gasteiger partial charge in [0.25, 0.3) is 0 Å². The standard InChI is InChI=1S/C16H24F3NO/c1-6-21-14(15(2,3)4)13(20-5)11-9-7-8-10-12(11)16(17,18)19/h7-10,13-14,20H,6H2,1-5H3. The van der Waals surface area contributed by atoms with Gasteiger partial charge in [0, 0.05) is 6.61 Å². The molecular weight excluding hydrogens is 279 g/mol. The number of nitrogens with one attached hydrogen (secondary N) is 1. The average molecular weight is 303 g/mol. The van der Waals surface area contributed by atoms with Crippen LogP contribution >= 0.6 is 0 Å². The molecule has 1 N–H and O–H groups in total. The van der Waals surface area contributed by atoms with Crippen LogP contribution in [0.5, 0.6) is 0 Å². The van der Waals surface area contributed by atoms with Crippen molar-refractivity contribution in [3.8, 4) is 0 Å². The smallest absolute Gasteiger partial charge is 0.376 e. The van der Waals surface area contributed by atoms with Gasteiger partial charge in [-0.1, -0.05) is 39.0 Å². The molecule has 5 heteroatoms. The summed E-state index contributed by atoms with van der Waals surface area (Å²) in [5, 5.41) is 3.00. The van der Waals surface area contributed by atoms with E-state index in [0.717, 1.165) is 6.07 Å². The van der Waals surface area contributed by atoms with Crippen molar-refractivity contribution in [3.63, 3.8) is 0 Å². The summed E-state index contributed by atoms with van der Waals surface area (Å²) < 4.78 is 45.4. The molecule has 0 radical (unpaired) electrons. The molecule has 2 nitrogen and oxygen atoms in total. The highest BCUT2D eigenvalue weighted by Crippen LogP contribution is 2.39. The molecule has 21 heavy (non-hydrogen) atoms. The van der Waals surface area contributed by atoms with Crippen LogP contribution in [0.3, 0.4) is 0 Å². The van der Waals surface area contributed by atoms with Crippen LogP contribution in [0.25, 0.3) is 0 Å². The van der Waals surface area contributed by atoms with Crippen molar-refractivity contribution in [1.82, 2.24) is 5.32 Å². The first-order chi connectivity index (χ1) is 9.62. The molecule has 0 aliphatic rings. The van der Waals surface area contributed by atoms with Crippen molar-refractivity contribution >= 4 is 0 Å². The lowest BCUT2D eigenvalue weighted by Crippen LogP contribution is -2.41. The number of hydrogen-bond acceptors (Lipinski definition) is 2. The zero-order valence-electron chi connectivity index (χ0n) is 13.2. The van der Waals surface area contributed by atoms with Gasteiger partial charge in [0.1, 0.15) is 0 Å². The van der Waals surface area contributed by atoms with E-state index in [2.05, 4.69) is 5.32 Å². The summed E-state index contributed by atoms with van der Waals surface area (Å²) >= 11 is 0. The minimum atomic E-state index is -4.37. The third-order valence-electron chi connectivity index (χ3n) is 3.41. The normalized spacial score (nSPS) is 15.8. The Balaban J connectivity index is 3.33. The van der Waals surface area contributed by atoms with E-state index in [1.54, 1.807) is 13.1 Å². The molecule has 0 heterocycles. The molecule has 0 amide bonds. The van der Waals surface area contributed by atoms with Crippen molar-refractivity contribution in [2.24, 2.45) is 5.41 Å². The summed E-state index contributed by atoms with van der Waals surface area (Å²) in [7, 11) is 1.66. The van der Waals surface area contributed by atoms with E-state index in [4.69, 9.17) is 4.74 Å².